The van der Waals surface area contributed by atoms with Crippen LogP contribution in [0.15, 0.2) is 60.1 Å². The third kappa shape index (κ3) is 4.64. The normalized spacial score (nSPS) is 17.3. The zero-order valence-electron chi connectivity index (χ0n) is 15.3. The minimum atomic E-state index is 0.0305. The van der Waals surface area contributed by atoms with E-state index in [1.807, 2.05) is 22.9 Å². The molecule has 1 atom stereocenters. The van der Waals surface area contributed by atoms with Crippen LogP contribution in [0.1, 0.15) is 23.3 Å². The molecule has 2 aromatic heterocycles. The Morgan fingerprint density at radius 2 is 2.07 bits per heavy atom. The molecule has 1 fully saturated rings. The van der Waals surface area contributed by atoms with Gasteiger partial charge in [0.05, 0.1) is 19.3 Å². The van der Waals surface area contributed by atoms with Crippen LogP contribution in [0, 0.1) is 0 Å². The van der Waals surface area contributed by atoms with Gasteiger partial charge >= 0.3 is 0 Å². The Hall–Kier alpha value is -2.44. The Kier molecular flexibility index (Phi) is 5.65. The second-order valence-electron chi connectivity index (χ2n) is 6.96. The summed E-state index contributed by atoms with van der Waals surface area (Å²) < 4.78 is 1.84. The molecule has 0 saturated carbocycles. The maximum absolute atomic E-state index is 12.6. The van der Waals surface area contributed by atoms with Crippen molar-refractivity contribution in [3.8, 4) is 0 Å². The van der Waals surface area contributed by atoms with E-state index in [1.165, 1.54) is 10.4 Å². The molecular weight excluding hydrogens is 356 g/mol. The van der Waals surface area contributed by atoms with Crippen molar-refractivity contribution >= 4 is 23.1 Å². The molecular formula is C21H24N4OS. The van der Waals surface area contributed by atoms with Crippen LogP contribution in [0.5, 0.6) is 0 Å². The van der Waals surface area contributed by atoms with E-state index in [9.17, 15) is 4.79 Å². The van der Waals surface area contributed by atoms with Gasteiger partial charge in [-0.15, -0.1) is 11.3 Å². The van der Waals surface area contributed by atoms with Crippen molar-refractivity contribution in [2.45, 2.75) is 31.8 Å². The Morgan fingerprint density at radius 1 is 1.19 bits per heavy atom. The van der Waals surface area contributed by atoms with Gasteiger partial charge in [0, 0.05) is 17.0 Å². The number of rotatable bonds is 7. The molecule has 1 unspecified atom stereocenters. The summed E-state index contributed by atoms with van der Waals surface area (Å²) in [4.78, 5) is 16.2. The van der Waals surface area contributed by atoms with Crippen molar-refractivity contribution in [2.75, 3.05) is 18.4 Å². The first-order valence-corrected chi connectivity index (χ1v) is 10.3. The maximum Gasteiger partial charge on any atom is 0.239 e. The lowest BCUT2D eigenvalue weighted by molar-refractivity contribution is -0.117. The number of likely N-dealkylation sites (tertiary alicyclic amines) is 1. The van der Waals surface area contributed by atoms with E-state index in [0.29, 0.717) is 19.1 Å². The summed E-state index contributed by atoms with van der Waals surface area (Å²) in [7, 11) is 0. The van der Waals surface area contributed by atoms with Crippen molar-refractivity contribution < 1.29 is 4.79 Å². The molecule has 140 valence electrons. The van der Waals surface area contributed by atoms with Gasteiger partial charge in [0.2, 0.25) is 5.91 Å². The van der Waals surface area contributed by atoms with Gasteiger partial charge in [-0.05, 0) is 42.8 Å². The van der Waals surface area contributed by atoms with Crippen LogP contribution < -0.4 is 5.32 Å². The molecule has 6 heteroatoms. The Morgan fingerprint density at radius 3 is 2.89 bits per heavy atom. The topological polar surface area (TPSA) is 50.2 Å². The highest BCUT2D eigenvalue weighted by Gasteiger charge is 2.26. The molecule has 4 rings (SSSR count). The third-order valence-electron chi connectivity index (χ3n) is 5.03. The number of nitrogens with zero attached hydrogens (tertiary/aromatic N) is 3. The Bertz CT molecular complexity index is 859. The van der Waals surface area contributed by atoms with Gasteiger partial charge in [0.25, 0.3) is 0 Å². The zero-order valence-corrected chi connectivity index (χ0v) is 16.1. The Labute approximate surface area is 163 Å². The molecule has 0 radical (unpaired) electrons. The highest BCUT2D eigenvalue weighted by atomic mass is 32.1. The highest BCUT2D eigenvalue weighted by molar-refractivity contribution is 7.09. The summed E-state index contributed by atoms with van der Waals surface area (Å²) in [5.74, 6) is 0.787. The molecule has 3 heterocycles. The molecule has 0 bridgehead atoms. The molecule has 1 saturated heterocycles. The Balaban J connectivity index is 1.34. The van der Waals surface area contributed by atoms with Crippen LogP contribution >= 0.6 is 11.3 Å². The van der Waals surface area contributed by atoms with Crippen LogP contribution in [0.2, 0.25) is 0 Å². The molecule has 1 aliphatic rings. The van der Waals surface area contributed by atoms with Gasteiger partial charge < -0.3 is 5.32 Å². The predicted molar refractivity (Wildman–Crippen MR) is 109 cm³/mol. The molecule has 1 aromatic carbocycles. The molecule has 1 N–H and O–H groups in total. The number of thiophene rings is 1. The first-order valence-electron chi connectivity index (χ1n) is 9.40. The van der Waals surface area contributed by atoms with Crippen molar-refractivity contribution in [3.63, 3.8) is 0 Å². The fourth-order valence-electron chi connectivity index (χ4n) is 3.70. The van der Waals surface area contributed by atoms with Gasteiger partial charge in [0.15, 0.2) is 0 Å². The van der Waals surface area contributed by atoms with E-state index in [-0.39, 0.29) is 5.91 Å². The average Bonchev–Trinajstić information content (AvgIpc) is 3.42. The SMILES string of the molecule is O=C(CN1CCCC1Cc1ccccc1)Nc1ccnn1Cc1cccs1. The minimum absolute atomic E-state index is 0.0305. The summed E-state index contributed by atoms with van der Waals surface area (Å²) in [5.41, 5.74) is 1.34. The molecule has 1 aliphatic heterocycles. The first kappa shape index (κ1) is 17.9. The number of benzene rings is 1. The summed E-state index contributed by atoms with van der Waals surface area (Å²) in [5, 5.41) is 9.43. The molecule has 0 aliphatic carbocycles. The monoisotopic (exact) mass is 380 g/mol. The van der Waals surface area contributed by atoms with Gasteiger partial charge in [0.1, 0.15) is 5.82 Å². The van der Waals surface area contributed by atoms with Crippen LogP contribution in [0.25, 0.3) is 0 Å². The number of anilines is 1. The number of carbonyl (C=O) groups is 1. The van der Waals surface area contributed by atoms with E-state index in [4.69, 9.17) is 0 Å². The van der Waals surface area contributed by atoms with Crippen molar-refractivity contribution in [1.82, 2.24) is 14.7 Å². The molecule has 5 nitrogen and oxygen atoms in total. The predicted octanol–water partition coefficient (Wildman–Crippen LogP) is 3.64. The summed E-state index contributed by atoms with van der Waals surface area (Å²) >= 11 is 1.69. The lowest BCUT2D eigenvalue weighted by Crippen LogP contribution is -2.38. The van der Waals surface area contributed by atoms with E-state index >= 15 is 0 Å². The number of amides is 1. The number of nitrogens with one attached hydrogen (secondary N) is 1. The quantitative estimate of drug-likeness (QED) is 0.681. The third-order valence-corrected chi connectivity index (χ3v) is 5.89. The van der Waals surface area contributed by atoms with Gasteiger partial charge in [-0.2, -0.15) is 5.10 Å². The second-order valence-corrected chi connectivity index (χ2v) is 7.99. The molecule has 3 aromatic rings. The summed E-state index contributed by atoms with van der Waals surface area (Å²) in [6.07, 6.45) is 5.04. The molecule has 27 heavy (non-hydrogen) atoms. The largest absolute Gasteiger partial charge is 0.310 e. The second kappa shape index (κ2) is 8.50. The number of hydrogen-bond donors (Lipinski definition) is 1. The van der Waals surface area contributed by atoms with Crippen molar-refractivity contribution in [2.24, 2.45) is 0 Å². The lowest BCUT2D eigenvalue weighted by atomic mass is 10.0. The first-order chi connectivity index (χ1) is 13.3. The number of aromatic nitrogens is 2. The lowest BCUT2D eigenvalue weighted by Gasteiger charge is -2.24. The summed E-state index contributed by atoms with van der Waals surface area (Å²) in [6, 6.07) is 16.9. The van der Waals surface area contributed by atoms with Crippen molar-refractivity contribution in [3.05, 3.63) is 70.5 Å². The average molecular weight is 381 g/mol. The maximum atomic E-state index is 12.6. The van der Waals surface area contributed by atoms with Crippen LogP contribution in [0.4, 0.5) is 5.82 Å². The van der Waals surface area contributed by atoms with Crippen molar-refractivity contribution in [1.29, 1.82) is 0 Å². The van der Waals surface area contributed by atoms with Gasteiger partial charge in [-0.1, -0.05) is 36.4 Å². The fourth-order valence-corrected chi connectivity index (χ4v) is 4.39. The zero-order chi connectivity index (χ0) is 18.5. The molecule has 1 amide bonds. The van der Waals surface area contributed by atoms with Gasteiger partial charge in [-0.25, -0.2) is 4.68 Å². The van der Waals surface area contributed by atoms with Crippen LogP contribution in [0.3, 0.4) is 0 Å². The van der Waals surface area contributed by atoms with E-state index < -0.39 is 0 Å². The van der Waals surface area contributed by atoms with Crippen LogP contribution in [-0.4, -0.2) is 39.7 Å². The fraction of sp³-hybridized carbons (Fsp3) is 0.333. The highest BCUT2D eigenvalue weighted by Crippen LogP contribution is 2.21. The summed E-state index contributed by atoms with van der Waals surface area (Å²) in [6.45, 7) is 2.10. The van der Waals surface area contributed by atoms with E-state index in [1.54, 1.807) is 17.5 Å². The smallest absolute Gasteiger partial charge is 0.239 e. The van der Waals surface area contributed by atoms with E-state index in [2.05, 4.69) is 51.0 Å². The number of hydrogen-bond acceptors (Lipinski definition) is 4. The van der Waals surface area contributed by atoms with Crippen LogP contribution in [-0.2, 0) is 17.8 Å². The minimum Gasteiger partial charge on any atom is -0.310 e. The standard InChI is InChI=1S/C21H24N4OS/c26-21(23-20-10-11-22-25(20)15-19-9-5-13-27-19)16-24-12-4-8-18(24)14-17-6-2-1-3-7-17/h1-3,5-7,9-11,13,18H,4,8,12,14-16H2,(H,23,26). The number of carbonyl (C=O) groups excluding carboxylic acids is 1. The van der Waals surface area contributed by atoms with E-state index in [0.717, 1.165) is 31.6 Å². The van der Waals surface area contributed by atoms with Gasteiger partial charge in [-0.3, -0.25) is 9.69 Å². The molecule has 0 spiro atoms.